The van der Waals surface area contributed by atoms with Crippen LogP contribution in [0, 0.1) is 11.3 Å². The zero-order valence-electron chi connectivity index (χ0n) is 9.53. The van der Waals surface area contributed by atoms with Crippen LogP contribution in [0.3, 0.4) is 0 Å². The molecule has 1 heterocycles. The first-order chi connectivity index (χ1) is 7.71. The lowest BCUT2D eigenvalue weighted by atomic mass is 10.1. The number of carbonyl (C=O) groups excluding carboxylic acids is 1. The Morgan fingerprint density at radius 3 is 2.62 bits per heavy atom. The van der Waals surface area contributed by atoms with Crippen molar-refractivity contribution in [2.75, 3.05) is 0 Å². The maximum Gasteiger partial charge on any atom is 0.270 e. The second kappa shape index (κ2) is 5.86. The van der Waals surface area contributed by atoms with Gasteiger partial charge in [0.05, 0.1) is 5.56 Å². The highest BCUT2D eigenvalue weighted by molar-refractivity contribution is 5.92. The number of amides is 1. The van der Waals surface area contributed by atoms with E-state index >= 15 is 0 Å². The standard InChI is InChI=1S/C12H15N3O/c1-3-10(4-2)15-12(16)11-6-5-9(7-13)8-14-11/h5-6,8,10H,3-4H2,1-2H3,(H,15,16). The van der Waals surface area contributed by atoms with Crippen molar-refractivity contribution in [2.45, 2.75) is 32.7 Å². The maximum absolute atomic E-state index is 11.7. The number of nitrogens with one attached hydrogen (secondary N) is 1. The molecule has 1 rings (SSSR count). The maximum atomic E-state index is 11.7. The molecule has 0 atom stereocenters. The van der Waals surface area contributed by atoms with Crippen LogP contribution in [0.5, 0.6) is 0 Å². The van der Waals surface area contributed by atoms with Crippen LogP contribution in [0.2, 0.25) is 0 Å². The van der Waals surface area contributed by atoms with Crippen LogP contribution in [-0.4, -0.2) is 16.9 Å². The van der Waals surface area contributed by atoms with E-state index in [2.05, 4.69) is 10.3 Å². The number of pyridine rings is 1. The Balaban J connectivity index is 2.70. The van der Waals surface area contributed by atoms with Crippen LogP contribution in [0.1, 0.15) is 42.7 Å². The van der Waals surface area contributed by atoms with Crippen LogP contribution >= 0.6 is 0 Å². The lowest BCUT2D eigenvalue weighted by Gasteiger charge is -2.13. The van der Waals surface area contributed by atoms with Gasteiger partial charge in [-0.1, -0.05) is 13.8 Å². The van der Waals surface area contributed by atoms with E-state index in [1.807, 2.05) is 19.9 Å². The van der Waals surface area contributed by atoms with Crippen molar-refractivity contribution >= 4 is 5.91 Å². The topological polar surface area (TPSA) is 65.8 Å². The molecule has 0 unspecified atom stereocenters. The number of nitrogens with zero attached hydrogens (tertiary/aromatic N) is 2. The average Bonchev–Trinajstić information content (AvgIpc) is 2.35. The largest absolute Gasteiger partial charge is 0.348 e. The Morgan fingerprint density at radius 1 is 1.50 bits per heavy atom. The van der Waals surface area contributed by atoms with E-state index in [4.69, 9.17) is 5.26 Å². The van der Waals surface area contributed by atoms with Gasteiger partial charge >= 0.3 is 0 Å². The molecular formula is C12H15N3O. The summed E-state index contributed by atoms with van der Waals surface area (Å²) in [6.45, 7) is 4.06. The lowest BCUT2D eigenvalue weighted by molar-refractivity contribution is 0.0930. The molecule has 1 N–H and O–H groups in total. The zero-order valence-corrected chi connectivity index (χ0v) is 9.53. The van der Waals surface area contributed by atoms with Gasteiger partial charge in [-0.2, -0.15) is 5.26 Å². The number of hydrogen-bond donors (Lipinski definition) is 1. The van der Waals surface area contributed by atoms with Gasteiger partial charge in [-0.05, 0) is 25.0 Å². The quantitative estimate of drug-likeness (QED) is 0.837. The Bertz CT molecular complexity index is 388. The molecule has 0 bridgehead atoms. The van der Waals surface area contributed by atoms with Crippen LogP contribution in [0.4, 0.5) is 0 Å². The molecule has 0 aliphatic heterocycles. The molecule has 0 fully saturated rings. The van der Waals surface area contributed by atoms with Gasteiger partial charge in [0.1, 0.15) is 11.8 Å². The van der Waals surface area contributed by atoms with Crippen molar-refractivity contribution in [1.82, 2.24) is 10.3 Å². The van der Waals surface area contributed by atoms with Crippen molar-refractivity contribution < 1.29 is 4.79 Å². The molecule has 0 saturated heterocycles. The molecule has 0 spiro atoms. The third-order valence-corrected chi connectivity index (χ3v) is 2.45. The fourth-order valence-corrected chi connectivity index (χ4v) is 1.35. The molecule has 84 valence electrons. The molecule has 1 amide bonds. The van der Waals surface area contributed by atoms with E-state index in [9.17, 15) is 4.79 Å². The third kappa shape index (κ3) is 3.06. The SMILES string of the molecule is CCC(CC)NC(=O)c1ccc(C#N)cn1. The van der Waals surface area contributed by atoms with Crippen molar-refractivity contribution in [2.24, 2.45) is 0 Å². The summed E-state index contributed by atoms with van der Waals surface area (Å²) in [5, 5.41) is 11.5. The van der Waals surface area contributed by atoms with E-state index in [1.54, 1.807) is 12.1 Å². The third-order valence-electron chi connectivity index (χ3n) is 2.45. The zero-order chi connectivity index (χ0) is 12.0. The first-order valence-corrected chi connectivity index (χ1v) is 5.38. The van der Waals surface area contributed by atoms with E-state index in [0.717, 1.165) is 12.8 Å². The van der Waals surface area contributed by atoms with E-state index in [-0.39, 0.29) is 11.9 Å². The predicted octanol–water partition coefficient (Wildman–Crippen LogP) is 1.87. The Kier molecular flexibility index (Phi) is 4.46. The van der Waals surface area contributed by atoms with Gasteiger partial charge in [-0.3, -0.25) is 4.79 Å². The predicted molar refractivity (Wildman–Crippen MR) is 60.8 cm³/mol. The number of hydrogen-bond acceptors (Lipinski definition) is 3. The Morgan fingerprint density at radius 2 is 2.19 bits per heavy atom. The van der Waals surface area contributed by atoms with Crippen molar-refractivity contribution in [3.8, 4) is 6.07 Å². The smallest absolute Gasteiger partial charge is 0.270 e. The van der Waals surface area contributed by atoms with Crippen LogP contribution in [0.25, 0.3) is 0 Å². The number of rotatable bonds is 4. The van der Waals surface area contributed by atoms with Crippen molar-refractivity contribution in [3.63, 3.8) is 0 Å². The van der Waals surface area contributed by atoms with E-state index in [1.165, 1.54) is 6.20 Å². The highest BCUT2D eigenvalue weighted by atomic mass is 16.1. The molecule has 4 heteroatoms. The molecule has 1 aromatic heterocycles. The molecular weight excluding hydrogens is 202 g/mol. The molecule has 0 aliphatic rings. The van der Waals surface area contributed by atoms with Crippen LogP contribution in [-0.2, 0) is 0 Å². The number of nitriles is 1. The van der Waals surface area contributed by atoms with Gasteiger partial charge in [-0.15, -0.1) is 0 Å². The van der Waals surface area contributed by atoms with E-state index in [0.29, 0.717) is 11.3 Å². The molecule has 0 aromatic carbocycles. The van der Waals surface area contributed by atoms with Gasteiger partial charge in [0.2, 0.25) is 0 Å². The molecule has 0 radical (unpaired) electrons. The van der Waals surface area contributed by atoms with Crippen molar-refractivity contribution in [1.29, 1.82) is 5.26 Å². The van der Waals surface area contributed by atoms with Gasteiger partial charge in [0.25, 0.3) is 5.91 Å². The summed E-state index contributed by atoms with van der Waals surface area (Å²) in [5.74, 6) is -0.182. The summed E-state index contributed by atoms with van der Waals surface area (Å²) in [6, 6.07) is 5.30. The fraction of sp³-hybridized carbons (Fsp3) is 0.417. The molecule has 16 heavy (non-hydrogen) atoms. The Labute approximate surface area is 95.3 Å². The van der Waals surface area contributed by atoms with Crippen LogP contribution < -0.4 is 5.32 Å². The molecule has 0 aliphatic carbocycles. The van der Waals surface area contributed by atoms with Gasteiger partial charge in [0.15, 0.2) is 0 Å². The minimum atomic E-state index is -0.182. The first-order valence-electron chi connectivity index (χ1n) is 5.38. The van der Waals surface area contributed by atoms with Gasteiger partial charge in [-0.25, -0.2) is 4.98 Å². The van der Waals surface area contributed by atoms with Crippen molar-refractivity contribution in [3.05, 3.63) is 29.6 Å². The van der Waals surface area contributed by atoms with Crippen LogP contribution in [0.15, 0.2) is 18.3 Å². The second-order valence-corrected chi connectivity index (χ2v) is 3.53. The molecule has 4 nitrogen and oxygen atoms in total. The van der Waals surface area contributed by atoms with E-state index < -0.39 is 0 Å². The lowest BCUT2D eigenvalue weighted by Crippen LogP contribution is -2.34. The molecule has 0 saturated carbocycles. The fourth-order valence-electron chi connectivity index (χ4n) is 1.35. The summed E-state index contributed by atoms with van der Waals surface area (Å²) >= 11 is 0. The highest BCUT2D eigenvalue weighted by Crippen LogP contribution is 2.02. The minimum absolute atomic E-state index is 0.182. The number of carbonyl (C=O) groups is 1. The summed E-state index contributed by atoms with van der Waals surface area (Å²) in [6.07, 6.45) is 3.21. The Hall–Kier alpha value is -1.89. The first kappa shape index (κ1) is 12.2. The minimum Gasteiger partial charge on any atom is -0.348 e. The van der Waals surface area contributed by atoms with Gasteiger partial charge < -0.3 is 5.32 Å². The summed E-state index contributed by atoms with van der Waals surface area (Å²) in [4.78, 5) is 15.7. The summed E-state index contributed by atoms with van der Waals surface area (Å²) in [5.41, 5.74) is 0.810. The monoisotopic (exact) mass is 217 g/mol. The van der Waals surface area contributed by atoms with Gasteiger partial charge in [0, 0.05) is 12.2 Å². The highest BCUT2D eigenvalue weighted by Gasteiger charge is 2.11. The average molecular weight is 217 g/mol. The number of aromatic nitrogens is 1. The normalized spacial score (nSPS) is 9.88. The molecule has 1 aromatic rings. The second-order valence-electron chi connectivity index (χ2n) is 3.53. The summed E-state index contributed by atoms with van der Waals surface area (Å²) in [7, 11) is 0. The summed E-state index contributed by atoms with van der Waals surface area (Å²) < 4.78 is 0.